The third kappa shape index (κ3) is 3.65. The van der Waals surface area contributed by atoms with Crippen molar-refractivity contribution in [3.05, 3.63) is 70.4 Å². The molecule has 4 heterocycles. The van der Waals surface area contributed by atoms with Crippen molar-refractivity contribution in [2.45, 2.75) is 13.5 Å². The molecule has 0 spiro atoms. The topological polar surface area (TPSA) is 96.7 Å². The van der Waals surface area contributed by atoms with Gasteiger partial charge in [-0.2, -0.15) is 10.1 Å². The van der Waals surface area contributed by atoms with E-state index in [0.29, 0.717) is 35.3 Å². The van der Waals surface area contributed by atoms with Gasteiger partial charge in [0.05, 0.1) is 18.6 Å². The van der Waals surface area contributed by atoms with Crippen molar-refractivity contribution < 1.29 is 14.0 Å². The molecule has 10 heteroatoms. The Bertz CT molecular complexity index is 1430. The fourth-order valence-corrected chi connectivity index (χ4v) is 4.04. The van der Waals surface area contributed by atoms with Gasteiger partial charge in [-0.3, -0.25) is 4.79 Å². The van der Waals surface area contributed by atoms with E-state index in [1.807, 2.05) is 30.5 Å². The highest BCUT2D eigenvalue weighted by Gasteiger charge is 2.15. The fourth-order valence-electron chi connectivity index (χ4n) is 3.36. The molecule has 0 radical (unpaired) electrons. The fraction of sp³-hybridized carbons (Fsp3) is 0.182. The van der Waals surface area contributed by atoms with Crippen molar-refractivity contribution in [2.24, 2.45) is 0 Å². The lowest BCUT2D eigenvalue weighted by atomic mass is 10.2. The lowest BCUT2D eigenvalue weighted by Crippen LogP contribution is -2.21. The van der Waals surface area contributed by atoms with Gasteiger partial charge in [-0.25, -0.2) is 4.52 Å². The summed E-state index contributed by atoms with van der Waals surface area (Å²) in [6.45, 7) is 2.59. The first-order chi connectivity index (χ1) is 15.7. The third-order valence-corrected chi connectivity index (χ3v) is 5.76. The SMILES string of the molecule is CCOc1ccc(-c2noc(Cn3ccn4nc(-c5cccs5)cc4c3=O)n2)cc1OC. The second-order valence-corrected chi connectivity index (χ2v) is 7.83. The number of methoxy groups -OCH3 is 1. The average Bonchev–Trinajstić information content (AvgIpc) is 3.57. The van der Waals surface area contributed by atoms with E-state index in [2.05, 4.69) is 15.2 Å². The molecule has 0 saturated carbocycles. The molecule has 0 bridgehead atoms. The van der Waals surface area contributed by atoms with Gasteiger partial charge >= 0.3 is 0 Å². The van der Waals surface area contributed by atoms with E-state index < -0.39 is 0 Å². The van der Waals surface area contributed by atoms with E-state index in [-0.39, 0.29) is 12.1 Å². The quantitative estimate of drug-likeness (QED) is 0.373. The molecule has 5 rings (SSSR count). The van der Waals surface area contributed by atoms with Gasteiger partial charge in [0.25, 0.3) is 5.56 Å². The van der Waals surface area contributed by atoms with Crippen LogP contribution in [0, 0.1) is 0 Å². The third-order valence-electron chi connectivity index (χ3n) is 4.87. The van der Waals surface area contributed by atoms with Gasteiger partial charge in [-0.1, -0.05) is 11.2 Å². The van der Waals surface area contributed by atoms with Crippen molar-refractivity contribution >= 4 is 16.9 Å². The molecule has 9 nitrogen and oxygen atoms in total. The van der Waals surface area contributed by atoms with Crippen LogP contribution in [0.4, 0.5) is 0 Å². The van der Waals surface area contributed by atoms with Crippen molar-refractivity contribution in [1.29, 1.82) is 0 Å². The summed E-state index contributed by atoms with van der Waals surface area (Å²) in [5.74, 6) is 1.95. The smallest absolute Gasteiger partial charge is 0.277 e. The van der Waals surface area contributed by atoms with Gasteiger partial charge in [0.1, 0.15) is 17.8 Å². The number of fused-ring (bicyclic) bond motifs is 1. The Kier molecular flexibility index (Phi) is 5.20. The first-order valence-electron chi connectivity index (χ1n) is 9.92. The Morgan fingerprint density at radius 2 is 2.06 bits per heavy atom. The predicted molar refractivity (Wildman–Crippen MR) is 119 cm³/mol. The Balaban J connectivity index is 1.42. The number of benzene rings is 1. The average molecular weight is 449 g/mol. The molecule has 0 saturated heterocycles. The number of ether oxygens (including phenoxy) is 2. The first-order valence-corrected chi connectivity index (χ1v) is 10.8. The molecule has 0 atom stereocenters. The number of nitrogens with zero attached hydrogens (tertiary/aromatic N) is 5. The van der Waals surface area contributed by atoms with Crippen LogP contribution in [0.5, 0.6) is 11.5 Å². The van der Waals surface area contributed by atoms with E-state index in [1.54, 1.807) is 53.6 Å². The molecule has 5 aromatic rings. The van der Waals surface area contributed by atoms with Crippen LogP contribution >= 0.6 is 11.3 Å². The van der Waals surface area contributed by atoms with Gasteiger partial charge in [-0.15, -0.1) is 11.3 Å². The molecule has 0 amide bonds. The molecule has 0 aliphatic carbocycles. The summed E-state index contributed by atoms with van der Waals surface area (Å²) in [4.78, 5) is 18.4. The van der Waals surface area contributed by atoms with Crippen LogP contribution in [0.15, 0.2) is 63.5 Å². The van der Waals surface area contributed by atoms with Crippen LogP contribution in [0.3, 0.4) is 0 Å². The number of thiophene rings is 1. The normalized spacial score (nSPS) is 11.2. The predicted octanol–water partition coefficient (Wildman–Crippen LogP) is 3.73. The summed E-state index contributed by atoms with van der Waals surface area (Å²) in [5.41, 5.74) is 1.77. The van der Waals surface area contributed by atoms with Crippen LogP contribution in [0.25, 0.3) is 27.5 Å². The van der Waals surface area contributed by atoms with E-state index >= 15 is 0 Å². The van der Waals surface area contributed by atoms with Crippen LogP contribution in [-0.4, -0.2) is 38.0 Å². The summed E-state index contributed by atoms with van der Waals surface area (Å²) < 4.78 is 19.4. The lowest BCUT2D eigenvalue weighted by molar-refractivity contribution is 0.311. The summed E-state index contributed by atoms with van der Waals surface area (Å²) in [6.07, 6.45) is 3.40. The van der Waals surface area contributed by atoms with E-state index in [4.69, 9.17) is 14.0 Å². The van der Waals surface area contributed by atoms with Crippen LogP contribution in [0.1, 0.15) is 12.8 Å². The maximum atomic E-state index is 13.0. The van der Waals surface area contributed by atoms with Crippen LogP contribution in [-0.2, 0) is 6.54 Å². The zero-order valence-corrected chi connectivity index (χ0v) is 18.2. The molecular weight excluding hydrogens is 430 g/mol. The zero-order chi connectivity index (χ0) is 22.1. The molecule has 0 aliphatic heterocycles. The number of hydrogen-bond acceptors (Lipinski definition) is 8. The second-order valence-electron chi connectivity index (χ2n) is 6.88. The minimum Gasteiger partial charge on any atom is -0.493 e. The highest BCUT2D eigenvalue weighted by Crippen LogP contribution is 2.31. The monoisotopic (exact) mass is 449 g/mol. The van der Waals surface area contributed by atoms with Crippen molar-refractivity contribution in [2.75, 3.05) is 13.7 Å². The molecule has 162 valence electrons. The molecule has 0 aliphatic rings. The molecular formula is C22H19N5O4S. The van der Waals surface area contributed by atoms with Crippen molar-refractivity contribution in [3.63, 3.8) is 0 Å². The van der Waals surface area contributed by atoms with Gasteiger partial charge in [0.2, 0.25) is 11.7 Å². The lowest BCUT2D eigenvalue weighted by Gasteiger charge is -2.09. The standard InChI is InChI=1S/C22H19N5O4S/c1-3-30-17-7-6-14(11-18(17)29-2)21-23-20(31-25-21)13-26-8-9-27-16(22(26)28)12-15(24-27)19-5-4-10-32-19/h4-12H,3,13H2,1-2H3. The largest absolute Gasteiger partial charge is 0.493 e. The van der Waals surface area contributed by atoms with E-state index in [1.165, 1.54) is 4.57 Å². The summed E-state index contributed by atoms with van der Waals surface area (Å²) in [5, 5.41) is 10.5. The van der Waals surface area contributed by atoms with Gasteiger partial charge < -0.3 is 18.6 Å². The summed E-state index contributed by atoms with van der Waals surface area (Å²) >= 11 is 1.58. The molecule has 32 heavy (non-hydrogen) atoms. The van der Waals surface area contributed by atoms with Crippen LogP contribution in [0.2, 0.25) is 0 Å². The van der Waals surface area contributed by atoms with E-state index in [9.17, 15) is 4.79 Å². The number of rotatable bonds is 7. The van der Waals surface area contributed by atoms with Crippen molar-refractivity contribution in [3.8, 4) is 33.5 Å². The number of aromatic nitrogens is 5. The maximum Gasteiger partial charge on any atom is 0.277 e. The Labute approximate surface area is 186 Å². The van der Waals surface area contributed by atoms with Gasteiger partial charge in [-0.05, 0) is 42.6 Å². The molecule has 0 N–H and O–H groups in total. The van der Waals surface area contributed by atoms with Crippen LogP contribution < -0.4 is 15.0 Å². The molecule has 1 aromatic carbocycles. The van der Waals surface area contributed by atoms with E-state index in [0.717, 1.165) is 16.1 Å². The second kappa shape index (κ2) is 8.31. The molecule has 0 unspecified atom stereocenters. The Morgan fingerprint density at radius 1 is 1.16 bits per heavy atom. The highest BCUT2D eigenvalue weighted by molar-refractivity contribution is 7.13. The highest BCUT2D eigenvalue weighted by atomic mass is 32.1. The Hall–Kier alpha value is -3.92. The minimum absolute atomic E-state index is 0.149. The summed E-state index contributed by atoms with van der Waals surface area (Å²) in [7, 11) is 1.58. The minimum atomic E-state index is -0.190. The van der Waals surface area contributed by atoms with Gasteiger partial charge in [0.15, 0.2) is 11.5 Å². The van der Waals surface area contributed by atoms with Crippen molar-refractivity contribution in [1.82, 2.24) is 24.3 Å². The molecule has 4 aromatic heterocycles. The van der Waals surface area contributed by atoms with Gasteiger partial charge in [0, 0.05) is 18.0 Å². The summed E-state index contributed by atoms with van der Waals surface area (Å²) in [6, 6.07) is 11.1. The Morgan fingerprint density at radius 3 is 2.84 bits per heavy atom. The maximum absolute atomic E-state index is 13.0. The number of hydrogen-bond donors (Lipinski definition) is 0. The first kappa shape index (κ1) is 20.0. The molecule has 0 fully saturated rings. The zero-order valence-electron chi connectivity index (χ0n) is 17.4.